The average molecular weight is 230 g/mol. The van der Waals surface area contributed by atoms with Crippen LogP contribution in [-0.2, 0) is 9.53 Å². The van der Waals surface area contributed by atoms with Gasteiger partial charge in [0.25, 0.3) is 5.91 Å². The van der Waals surface area contributed by atoms with Gasteiger partial charge in [-0.3, -0.25) is 4.79 Å². The predicted molar refractivity (Wildman–Crippen MR) is 61.5 cm³/mol. The van der Waals surface area contributed by atoms with Crippen molar-refractivity contribution in [1.82, 2.24) is 5.32 Å². The molecule has 0 aromatic heterocycles. The molecule has 1 amide bonds. The van der Waals surface area contributed by atoms with Gasteiger partial charge in [0.2, 0.25) is 0 Å². The summed E-state index contributed by atoms with van der Waals surface area (Å²) in [5.74, 6) is -0.109. The molecule has 1 N–H and O–H groups in total. The van der Waals surface area contributed by atoms with E-state index >= 15 is 0 Å². The SMILES string of the molecule is COC(C)(C)C(=O)NC1CC[N+](C)([O-])CC1. The third-order valence-electron chi connectivity index (χ3n) is 3.29. The Morgan fingerprint density at radius 3 is 2.38 bits per heavy atom. The van der Waals surface area contributed by atoms with Crippen molar-refractivity contribution in [2.75, 3.05) is 27.2 Å². The fourth-order valence-corrected chi connectivity index (χ4v) is 1.71. The minimum absolute atomic E-state index is 0.109. The Hall–Kier alpha value is -0.650. The van der Waals surface area contributed by atoms with Crippen LogP contribution in [-0.4, -0.2) is 49.4 Å². The molecule has 0 aromatic rings. The van der Waals surface area contributed by atoms with Crippen LogP contribution in [0.4, 0.5) is 0 Å². The summed E-state index contributed by atoms with van der Waals surface area (Å²) in [6, 6.07) is 0.113. The maximum atomic E-state index is 11.8. The maximum Gasteiger partial charge on any atom is 0.251 e. The molecule has 1 fully saturated rings. The summed E-state index contributed by atoms with van der Waals surface area (Å²) in [7, 11) is 3.20. The van der Waals surface area contributed by atoms with Gasteiger partial charge in [-0.15, -0.1) is 0 Å². The molecule has 5 heteroatoms. The van der Waals surface area contributed by atoms with Crippen LogP contribution in [0.5, 0.6) is 0 Å². The van der Waals surface area contributed by atoms with Crippen LogP contribution in [0, 0.1) is 5.21 Å². The van der Waals surface area contributed by atoms with Gasteiger partial charge >= 0.3 is 0 Å². The first-order valence-corrected chi connectivity index (χ1v) is 5.68. The molecule has 0 bridgehead atoms. The fraction of sp³-hybridized carbons (Fsp3) is 0.909. The monoisotopic (exact) mass is 230 g/mol. The highest BCUT2D eigenvalue weighted by Crippen LogP contribution is 2.16. The van der Waals surface area contributed by atoms with Crippen LogP contribution in [0.15, 0.2) is 0 Å². The topological polar surface area (TPSA) is 61.4 Å². The van der Waals surface area contributed by atoms with Crippen molar-refractivity contribution in [2.45, 2.75) is 38.3 Å². The second kappa shape index (κ2) is 4.69. The van der Waals surface area contributed by atoms with Gasteiger partial charge in [-0.1, -0.05) is 0 Å². The zero-order valence-corrected chi connectivity index (χ0v) is 10.6. The highest BCUT2D eigenvalue weighted by atomic mass is 16.5. The molecular weight excluding hydrogens is 208 g/mol. The van der Waals surface area contributed by atoms with E-state index in [1.54, 1.807) is 20.9 Å². The number of quaternary nitrogens is 1. The number of rotatable bonds is 3. The molecule has 0 aliphatic carbocycles. The Bertz CT molecular complexity index is 254. The van der Waals surface area contributed by atoms with E-state index in [1.807, 2.05) is 0 Å². The molecule has 0 aromatic carbocycles. The van der Waals surface area contributed by atoms with Gasteiger partial charge in [-0.25, -0.2) is 0 Å². The lowest BCUT2D eigenvalue weighted by molar-refractivity contribution is -0.866. The Morgan fingerprint density at radius 1 is 1.44 bits per heavy atom. The van der Waals surface area contributed by atoms with E-state index in [1.165, 1.54) is 7.11 Å². The van der Waals surface area contributed by atoms with Gasteiger partial charge in [-0.05, 0) is 13.8 Å². The third kappa shape index (κ3) is 3.43. The van der Waals surface area contributed by atoms with Gasteiger partial charge < -0.3 is 19.9 Å². The van der Waals surface area contributed by atoms with Gasteiger partial charge in [0.05, 0.1) is 20.1 Å². The van der Waals surface area contributed by atoms with Crippen molar-refractivity contribution in [1.29, 1.82) is 0 Å². The Morgan fingerprint density at radius 2 is 1.94 bits per heavy atom. The normalized spacial score (nSPS) is 31.2. The van der Waals surface area contributed by atoms with Gasteiger partial charge in [0.15, 0.2) is 0 Å². The Balaban J connectivity index is 2.43. The number of ether oxygens (including phenoxy) is 1. The number of carbonyl (C=O) groups excluding carboxylic acids is 1. The summed E-state index contributed by atoms with van der Waals surface area (Å²) in [5, 5.41) is 14.5. The number of nitrogens with zero attached hydrogens (tertiary/aromatic N) is 1. The summed E-state index contributed by atoms with van der Waals surface area (Å²) >= 11 is 0. The van der Waals surface area contributed by atoms with E-state index < -0.39 is 5.60 Å². The molecule has 1 heterocycles. The molecule has 0 unspecified atom stereocenters. The molecule has 1 saturated heterocycles. The molecule has 0 spiro atoms. The molecule has 0 radical (unpaired) electrons. The first-order chi connectivity index (χ1) is 7.27. The first kappa shape index (κ1) is 13.4. The molecule has 94 valence electrons. The van der Waals surface area contributed by atoms with Crippen molar-refractivity contribution in [3.05, 3.63) is 5.21 Å². The molecule has 0 atom stereocenters. The molecule has 16 heavy (non-hydrogen) atoms. The van der Waals surface area contributed by atoms with Crippen LogP contribution < -0.4 is 5.32 Å². The number of hydrogen-bond acceptors (Lipinski definition) is 3. The second-order valence-electron chi connectivity index (χ2n) is 5.21. The zero-order chi connectivity index (χ0) is 12.4. The van der Waals surface area contributed by atoms with Crippen LogP contribution in [0.1, 0.15) is 26.7 Å². The average Bonchev–Trinajstić information content (AvgIpc) is 2.21. The summed E-state index contributed by atoms with van der Waals surface area (Å²) in [5.41, 5.74) is -0.799. The zero-order valence-electron chi connectivity index (χ0n) is 10.6. The highest BCUT2D eigenvalue weighted by molar-refractivity contribution is 5.84. The number of methoxy groups -OCH3 is 1. The van der Waals surface area contributed by atoms with Gasteiger partial charge in [-0.2, -0.15) is 0 Å². The number of likely N-dealkylation sites (tertiary alicyclic amines) is 1. The quantitative estimate of drug-likeness (QED) is 0.571. The summed E-state index contributed by atoms with van der Waals surface area (Å²) in [4.78, 5) is 11.8. The molecule has 1 rings (SSSR count). The van der Waals surface area contributed by atoms with Crippen molar-refractivity contribution >= 4 is 5.91 Å². The van der Waals surface area contributed by atoms with Crippen molar-refractivity contribution < 1.29 is 14.2 Å². The standard InChI is InChI=1S/C11H22N2O3/c1-11(2,16-4)10(14)12-9-5-7-13(3,15)8-6-9/h9H,5-8H2,1-4H3,(H,12,14). The summed E-state index contributed by atoms with van der Waals surface area (Å²) in [6.45, 7) is 4.61. The number of amides is 1. The molecular formula is C11H22N2O3. The fourth-order valence-electron chi connectivity index (χ4n) is 1.71. The first-order valence-electron chi connectivity index (χ1n) is 5.68. The minimum Gasteiger partial charge on any atom is -0.633 e. The van der Waals surface area contributed by atoms with E-state index in [9.17, 15) is 10.0 Å². The number of hydrogen-bond donors (Lipinski definition) is 1. The number of hydroxylamine groups is 3. The lowest BCUT2D eigenvalue weighted by Crippen LogP contribution is -2.54. The van der Waals surface area contributed by atoms with Crippen LogP contribution >= 0.6 is 0 Å². The van der Waals surface area contributed by atoms with Crippen molar-refractivity contribution in [2.24, 2.45) is 0 Å². The van der Waals surface area contributed by atoms with Gasteiger partial charge in [0.1, 0.15) is 5.60 Å². The van der Waals surface area contributed by atoms with E-state index in [-0.39, 0.29) is 16.6 Å². The Kier molecular flexibility index (Phi) is 3.93. The van der Waals surface area contributed by atoms with E-state index in [4.69, 9.17) is 4.74 Å². The van der Waals surface area contributed by atoms with E-state index in [0.29, 0.717) is 13.1 Å². The van der Waals surface area contributed by atoms with E-state index in [0.717, 1.165) is 12.8 Å². The van der Waals surface area contributed by atoms with Gasteiger partial charge in [0, 0.05) is 26.0 Å². The highest BCUT2D eigenvalue weighted by Gasteiger charge is 2.31. The lowest BCUT2D eigenvalue weighted by atomic mass is 10.0. The smallest absolute Gasteiger partial charge is 0.251 e. The van der Waals surface area contributed by atoms with Crippen molar-refractivity contribution in [3.8, 4) is 0 Å². The molecule has 1 aliphatic heterocycles. The van der Waals surface area contributed by atoms with Crippen LogP contribution in [0.2, 0.25) is 0 Å². The van der Waals surface area contributed by atoms with Crippen LogP contribution in [0.3, 0.4) is 0 Å². The minimum atomic E-state index is -0.799. The number of piperidine rings is 1. The molecule has 1 aliphatic rings. The number of nitrogens with one attached hydrogen (secondary N) is 1. The second-order valence-corrected chi connectivity index (χ2v) is 5.21. The predicted octanol–water partition coefficient (Wildman–Crippen LogP) is 0.634. The Labute approximate surface area is 96.9 Å². The molecule has 0 saturated carbocycles. The van der Waals surface area contributed by atoms with Crippen molar-refractivity contribution in [3.63, 3.8) is 0 Å². The van der Waals surface area contributed by atoms with Crippen LogP contribution in [0.25, 0.3) is 0 Å². The molecule has 5 nitrogen and oxygen atoms in total. The summed E-state index contributed by atoms with van der Waals surface area (Å²) < 4.78 is 4.91. The number of carbonyl (C=O) groups is 1. The largest absolute Gasteiger partial charge is 0.633 e. The lowest BCUT2D eigenvalue weighted by Gasteiger charge is -2.44. The van der Waals surface area contributed by atoms with E-state index in [2.05, 4.69) is 5.32 Å². The third-order valence-corrected chi connectivity index (χ3v) is 3.29. The maximum absolute atomic E-state index is 11.8. The summed E-state index contributed by atoms with van der Waals surface area (Å²) in [6.07, 6.45) is 1.48.